The SMILES string of the molecule is CCCn1c2c(c3cc(C(=O)N4CCC(C)CC4)ccc31)CN(C1CCC[C@H]1O)CC2. The number of nitrogens with zero attached hydrogens (tertiary/aromatic N) is 3. The molecule has 2 aliphatic heterocycles. The van der Waals surface area contributed by atoms with Crippen molar-refractivity contribution in [3.8, 4) is 0 Å². The third-order valence-electron chi connectivity index (χ3n) is 7.96. The number of carbonyl (C=O) groups is 1. The average Bonchev–Trinajstić information content (AvgIpc) is 3.35. The van der Waals surface area contributed by atoms with Crippen molar-refractivity contribution < 1.29 is 9.90 Å². The molecule has 0 radical (unpaired) electrons. The normalized spacial score (nSPS) is 25.3. The number of fused-ring (bicyclic) bond motifs is 3. The first-order valence-corrected chi connectivity index (χ1v) is 12.4. The van der Waals surface area contributed by atoms with Gasteiger partial charge in [0.25, 0.3) is 5.91 Å². The molecule has 3 aliphatic rings. The number of aryl methyl sites for hydroxylation is 1. The van der Waals surface area contributed by atoms with Crippen LogP contribution in [-0.2, 0) is 19.5 Å². The van der Waals surface area contributed by atoms with Gasteiger partial charge in [-0.2, -0.15) is 0 Å². The Morgan fingerprint density at radius 3 is 2.65 bits per heavy atom. The number of amides is 1. The third kappa shape index (κ3) is 3.80. The number of carbonyl (C=O) groups excluding carboxylic acids is 1. The van der Waals surface area contributed by atoms with Crippen LogP contribution in [0.4, 0.5) is 0 Å². The van der Waals surface area contributed by atoms with Crippen LogP contribution in [0.15, 0.2) is 18.2 Å². The summed E-state index contributed by atoms with van der Waals surface area (Å²) in [7, 11) is 0. The van der Waals surface area contributed by atoms with E-state index >= 15 is 0 Å². The Kier molecular flexibility index (Phi) is 5.82. The fourth-order valence-electron chi connectivity index (χ4n) is 6.11. The number of benzene rings is 1. The van der Waals surface area contributed by atoms with E-state index in [2.05, 4.69) is 35.4 Å². The monoisotopic (exact) mass is 423 g/mol. The van der Waals surface area contributed by atoms with Gasteiger partial charge in [-0.3, -0.25) is 9.69 Å². The summed E-state index contributed by atoms with van der Waals surface area (Å²) in [6.45, 7) is 9.20. The predicted octanol–water partition coefficient (Wildman–Crippen LogP) is 4.19. The van der Waals surface area contributed by atoms with Gasteiger partial charge in [-0.25, -0.2) is 0 Å². The highest BCUT2D eigenvalue weighted by Gasteiger charge is 2.34. The molecule has 0 bridgehead atoms. The molecule has 2 fully saturated rings. The Morgan fingerprint density at radius 2 is 1.94 bits per heavy atom. The molecule has 5 heteroatoms. The van der Waals surface area contributed by atoms with Crippen LogP contribution in [0.2, 0.25) is 0 Å². The third-order valence-corrected chi connectivity index (χ3v) is 7.96. The molecule has 1 unspecified atom stereocenters. The van der Waals surface area contributed by atoms with Gasteiger partial charge < -0.3 is 14.6 Å². The van der Waals surface area contributed by atoms with Crippen molar-refractivity contribution in [2.75, 3.05) is 19.6 Å². The summed E-state index contributed by atoms with van der Waals surface area (Å²) in [6, 6.07) is 6.67. The first-order valence-electron chi connectivity index (χ1n) is 12.4. The maximum atomic E-state index is 13.2. The number of hydrogen-bond acceptors (Lipinski definition) is 3. The van der Waals surface area contributed by atoms with Crippen molar-refractivity contribution in [1.29, 1.82) is 0 Å². The predicted molar refractivity (Wildman–Crippen MR) is 124 cm³/mol. The first kappa shape index (κ1) is 21.0. The van der Waals surface area contributed by atoms with Gasteiger partial charge in [-0.15, -0.1) is 0 Å². The number of aromatic nitrogens is 1. The fraction of sp³-hybridized carbons (Fsp3) is 0.654. The minimum atomic E-state index is -0.191. The molecule has 1 saturated carbocycles. The van der Waals surface area contributed by atoms with Crippen molar-refractivity contribution >= 4 is 16.8 Å². The van der Waals surface area contributed by atoms with Crippen LogP contribution in [0.5, 0.6) is 0 Å². The summed E-state index contributed by atoms with van der Waals surface area (Å²) >= 11 is 0. The number of aliphatic hydroxyl groups excluding tert-OH is 1. The Balaban J connectivity index is 1.49. The van der Waals surface area contributed by atoms with Crippen molar-refractivity contribution in [3.63, 3.8) is 0 Å². The van der Waals surface area contributed by atoms with E-state index in [1.807, 2.05) is 11.0 Å². The largest absolute Gasteiger partial charge is 0.391 e. The highest BCUT2D eigenvalue weighted by atomic mass is 16.3. The van der Waals surface area contributed by atoms with E-state index in [1.54, 1.807) is 0 Å². The van der Waals surface area contributed by atoms with Gasteiger partial charge in [0, 0.05) is 67.3 Å². The van der Waals surface area contributed by atoms with Crippen LogP contribution in [-0.4, -0.2) is 57.2 Å². The molecule has 3 heterocycles. The first-order chi connectivity index (χ1) is 15.1. The van der Waals surface area contributed by atoms with E-state index in [-0.39, 0.29) is 18.1 Å². The van der Waals surface area contributed by atoms with E-state index in [1.165, 1.54) is 22.2 Å². The fourth-order valence-corrected chi connectivity index (χ4v) is 6.11. The molecular formula is C26H37N3O2. The van der Waals surface area contributed by atoms with E-state index in [0.29, 0.717) is 0 Å². The Bertz CT molecular complexity index is 957. The lowest BCUT2D eigenvalue weighted by Gasteiger charge is -2.34. The number of likely N-dealkylation sites (tertiary alicyclic amines) is 1. The van der Waals surface area contributed by atoms with E-state index in [4.69, 9.17) is 0 Å². The Morgan fingerprint density at radius 1 is 1.13 bits per heavy atom. The van der Waals surface area contributed by atoms with Crippen LogP contribution in [0.1, 0.15) is 74.0 Å². The Labute approximate surface area is 186 Å². The van der Waals surface area contributed by atoms with Crippen molar-refractivity contribution in [2.45, 2.75) is 84.0 Å². The van der Waals surface area contributed by atoms with E-state index < -0.39 is 0 Å². The lowest BCUT2D eigenvalue weighted by atomic mass is 9.98. The van der Waals surface area contributed by atoms with Gasteiger partial charge in [0.1, 0.15) is 0 Å². The molecule has 31 heavy (non-hydrogen) atoms. The van der Waals surface area contributed by atoms with Gasteiger partial charge in [-0.1, -0.05) is 13.8 Å². The second-order valence-electron chi connectivity index (χ2n) is 10.1. The minimum absolute atomic E-state index is 0.185. The summed E-state index contributed by atoms with van der Waals surface area (Å²) in [5.41, 5.74) is 4.92. The minimum Gasteiger partial charge on any atom is -0.391 e. The van der Waals surface area contributed by atoms with Gasteiger partial charge in [0.15, 0.2) is 0 Å². The molecule has 5 nitrogen and oxygen atoms in total. The molecule has 0 spiro atoms. The lowest BCUT2D eigenvalue weighted by molar-refractivity contribution is 0.0623. The maximum Gasteiger partial charge on any atom is 0.253 e. The molecule has 1 aromatic carbocycles. The number of piperidine rings is 1. The topological polar surface area (TPSA) is 48.7 Å². The van der Waals surface area contributed by atoms with Crippen LogP contribution < -0.4 is 0 Å². The molecule has 1 N–H and O–H groups in total. The smallest absolute Gasteiger partial charge is 0.253 e. The zero-order valence-electron chi connectivity index (χ0n) is 19.1. The van der Waals surface area contributed by atoms with Gasteiger partial charge in [0.05, 0.1) is 6.10 Å². The van der Waals surface area contributed by atoms with Gasteiger partial charge in [-0.05, 0) is 68.2 Å². The maximum absolute atomic E-state index is 13.2. The summed E-state index contributed by atoms with van der Waals surface area (Å²) in [5.74, 6) is 0.906. The second-order valence-corrected chi connectivity index (χ2v) is 10.1. The van der Waals surface area contributed by atoms with Gasteiger partial charge >= 0.3 is 0 Å². The van der Waals surface area contributed by atoms with Gasteiger partial charge in [0.2, 0.25) is 0 Å². The van der Waals surface area contributed by atoms with Crippen molar-refractivity contribution in [1.82, 2.24) is 14.4 Å². The zero-order chi connectivity index (χ0) is 21.5. The highest BCUT2D eigenvalue weighted by Crippen LogP contribution is 2.35. The summed E-state index contributed by atoms with van der Waals surface area (Å²) in [6.07, 6.45) is 7.31. The average molecular weight is 424 g/mol. The molecule has 5 rings (SSSR count). The van der Waals surface area contributed by atoms with E-state index in [0.717, 1.165) is 89.2 Å². The number of hydrogen-bond donors (Lipinski definition) is 1. The van der Waals surface area contributed by atoms with Crippen molar-refractivity contribution in [2.24, 2.45) is 5.92 Å². The zero-order valence-corrected chi connectivity index (χ0v) is 19.1. The van der Waals surface area contributed by atoms with Crippen LogP contribution >= 0.6 is 0 Å². The Hall–Kier alpha value is -1.85. The molecule has 1 aliphatic carbocycles. The standard InChI is InChI=1S/C26H37N3O2/c1-3-12-29-22-8-7-19(26(31)27-13-9-18(2)10-14-27)16-20(22)21-17-28(15-11-23(21)29)24-5-4-6-25(24)30/h7-8,16,18,24-25,30H,3-6,9-15,17H2,1-2H3/t24?,25-/m1/s1. The summed E-state index contributed by atoms with van der Waals surface area (Å²) in [4.78, 5) is 17.8. The van der Waals surface area contributed by atoms with Crippen molar-refractivity contribution in [3.05, 3.63) is 35.0 Å². The quantitative estimate of drug-likeness (QED) is 0.802. The molecule has 1 amide bonds. The summed E-state index contributed by atoms with van der Waals surface area (Å²) < 4.78 is 2.49. The van der Waals surface area contributed by atoms with E-state index in [9.17, 15) is 9.90 Å². The molecular weight excluding hydrogens is 386 g/mol. The lowest BCUT2D eigenvalue weighted by Crippen LogP contribution is -2.43. The highest BCUT2D eigenvalue weighted by molar-refractivity contribution is 5.99. The number of aliphatic hydroxyl groups is 1. The molecule has 168 valence electrons. The number of rotatable bonds is 4. The summed E-state index contributed by atoms with van der Waals surface area (Å²) in [5, 5.41) is 11.7. The second kappa shape index (κ2) is 8.59. The van der Waals surface area contributed by atoms with Crippen LogP contribution in [0.3, 0.4) is 0 Å². The molecule has 1 aromatic heterocycles. The molecule has 2 aromatic rings. The molecule has 1 saturated heterocycles. The van der Waals surface area contributed by atoms with Crippen LogP contribution in [0, 0.1) is 5.92 Å². The van der Waals surface area contributed by atoms with Crippen LogP contribution in [0.25, 0.3) is 10.9 Å². The molecule has 2 atom stereocenters.